The second-order valence-corrected chi connectivity index (χ2v) is 18.4. The predicted molar refractivity (Wildman–Crippen MR) is 246 cm³/mol. The van der Waals surface area contributed by atoms with Gasteiger partial charge in [-0.1, -0.05) is 141 Å². The number of unbranched alkanes of at least 4 members (excludes halogenated alkanes) is 22. The summed E-state index contributed by atoms with van der Waals surface area (Å²) < 4.78 is 54.1. The van der Waals surface area contributed by atoms with E-state index >= 15 is 0 Å². The van der Waals surface area contributed by atoms with E-state index < -0.39 is 71.2 Å². The molecule has 0 radical (unpaired) electrons. The van der Waals surface area contributed by atoms with Crippen molar-refractivity contribution in [3.8, 4) is 0 Å². The van der Waals surface area contributed by atoms with Gasteiger partial charge in [0.05, 0.1) is 6.61 Å². The Morgan fingerprint density at radius 2 is 1.06 bits per heavy atom. The summed E-state index contributed by atoms with van der Waals surface area (Å²) in [6, 6.07) is 0. The number of ether oxygens (including phenoxy) is 4. The fourth-order valence-corrected chi connectivity index (χ4v) is 7.85. The first kappa shape index (κ1) is 57.7. The molecule has 62 heavy (non-hydrogen) atoms. The Morgan fingerprint density at radius 1 is 0.597 bits per heavy atom. The summed E-state index contributed by atoms with van der Waals surface area (Å²) >= 11 is 0. The second kappa shape index (κ2) is 39.1. The lowest BCUT2D eigenvalue weighted by Gasteiger charge is -2.40. The van der Waals surface area contributed by atoms with Crippen LogP contribution >= 0.6 is 0 Å². The molecule has 1 aliphatic rings. The minimum absolute atomic E-state index is 0.143. The van der Waals surface area contributed by atoms with Crippen LogP contribution in [0.1, 0.15) is 200 Å². The molecule has 0 aromatic heterocycles. The molecule has 360 valence electrons. The van der Waals surface area contributed by atoms with Crippen molar-refractivity contribution in [2.24, 2.45) is 0 Å². The molecule has 0 aliphatic carbocycles. The largest absolute Gasteiger partial charge is 0.462 e. The lowest BCUT2D eigenvalue weighted by molar-refractivity contribution is -0.297. The third-order valence-corrected chi connectivity index (χ3v) is 11.7. The van der Waals surface area contributed by atoms with E-state index in [2.05, 4.69) is 56.0 Å². The van der Waals surface area contributed by atoms with Crippen molar-refractivity contribution >= 4 is 22.1 Å². The smallest absolute Gasteiger partial charge is 0.306 e. The third-order valence-electron chi connectivity index (χ3n) is 11.0. The highest BCUT2D eigenvalue weighted by Gasteiger charge is 2.46. The Labute approximate surface area is 375 Å². The van der Waals surface area contributed by atoms with Gasteiger partial charge in [0.25, 0.3) is 10.1 Å². The zero-order valence-electron chi connectivity index (χ0n) is 38.5. The minimum Gasteiger partial charge on any atom is -0.462 e. The number of allylic oxidation sites excluding steroid dienone is 5. The van der Waals surface area contributed by atoms with Crippen LogP contribution in [-0.4, -0.2) is 96.0 Å². The molecular formula is C49H86O12S. The second-order valence-electron chi connectivity index (χ2n) is 16.9. The molecule has 0 saturated carbocycles. The van der Waals surface area contributed by atoms with E-state index in [0.29, 0.717) is 12.8 Å². The first-order chi connectivity index (χ1) is 30.0. The number of carbonyl (C=O) groups is 2. The van der Waals surface area contributed by atoms with Gasteiger partial charge in [0.1, 0.15) is 36.8 Å². The van der Waals surface area contributed by atoms with Crippen LogP contribution in [0.15, 0.2) is 42.2 Å². The SMILES string of the molecule is CCCCC/C=C/C/C=C/CCCCCCCCCCCC(=O)OC[C@H](CO[C@H]1O[C@H](CS(=O)(=O)O)[C@@H](O)C(O)C1O)OC(=O)CCCCCCCC=C=CCCCCCCC. The zero-order chi connectivity index (χ0) is 45.5. The first-order valence-electron chi connectivity index (χ1n) is 24.3. The van der Waals surface area contributed by atoms with Crippen LogP contribution in [0, 0.1) is 0 Å². The van der Waals surface area contributed by atoms with Crippen LogP contribution in [-0.2, 0) is 38.7 Å². The van der Waals surface area contributed by atoms with Gasteiger partial charge in [0.2, 0.25) is 0 Å². The molecule has 12 nitrogen and oxygen atoms in total. The van der Waals surface area contributed by atoms with Gasteiger partial charge in [-0.25, -0.2) is 0 Å². The van der Waals surface area contributed by atoms with Crippen molar-refractivity contribution in [2.75, 3.05) is 19.0 Å². The van der Waals surface area contributed by atoms with E-state index in [0.717, 1.165) is 70.6 Å². The van der Waals surface area contributed by atoms with Gasteiger partial charge in [0.15, 0.2) is 12.4 Å². The average molecular weight is 899 g/mol. The minimum atomic E-state index is -4.61. The molecule has 0 spiro atoms. The van der Waals surface area contributed by atoms with E-state index in [9.17, 15) is 37.9 Å². The molecule has 0 aromatic rings. The predicted octanol–water partition coefficient (Wildman–Crippen LogP) is 10.3. The standard InChI is InChI=1S/C49H86O12S/c1-3-5-7-9-11-13-15-17-19-20-21-22-24-25-27-29-31-33-35-37-44(50)58-39-42(40-59-49-48(54)47(53)46(52)43(61-49)41-62(55,56)57)60-45(51)38-36-34-32-30-28-26-23-18-16-14-12-10-8-6-4-2/h11,13,16-17,19,23,42-43,46-49,52-54H,3-10,12,14-15,20-22,24-41H2,1-2H3,(H,55,56,57)/b13-11+,19-17+/t18?,42-,43-,46-,47?,48?,49+/m1/s1. The number of aliphatic hydroxyl groups is 3. The Balaban J connectivity index is 2.42. The van der Waals surface area contributed by atoms with Gasteiger partial charge in [-0.05, 0) is 82.8 Å². The molecule has 2 unspecified atom stereocenters. The van der Waals surface area contributed by atoms with Crippen molar-refractivity contribution in [1.82, 2.24) is 0 Å². The lowest BCUT2D eigenvalue weighted by atomic mass is 10.00. The summed E-state index contributed by atoms with van der Waals surface area (Å²) in [4.78, 5) is 25.5. The summed E-state index contributed by atoms with van der Waals surface area (Å²) in [6.45, 7) is 3.71. The Morgan fingerprint density at radius 3 is 1.61 bits per heavy atom. The monoisotopic (exact) mass is 899 g/mol. The van der Waals surface area contributed by atoms with Crippen LogP contribution in [0.4, 0.5) is 0 Å². The zero-order valence-corrected chi connectivity index (χ0v) is 39.3. The van der Waals surface area contributed by atoms with E-state index in [1.807, 2.05) is 0 Å². The summed E-state index contributed by atoms with van der Waals surface area (Å²) in [5, 5.41) is 30.9. The van der Waals surface area contributed by atoms with Crippen LogP contribution in [0.25, 0.3) is 0 Å². The lowest BCUT2D eigenvalue weighted by Crippen LogP contribution is -2.60. The molecule has 1 fully saturated rings. The summed E-state index contributed by atoms with van der Waals surface area (Å²) in [5.74, 6) is -2.01. The van der Waals surface area contributed by atoms with Crippen molar-refractivity contribution in [3.63, 3.8) is 0 Å². The van der Waals surface area contributed by atoms with E-state index in [4.69, 9.17) is 18.9 Å². The molecule has 4 N–H and O–H groups in total. The van der Waals surface area contributed by atoms with Crippen molar-refractivity contribution in [2.45, 2.75) is 237 Å². The van der Waals surface area contributed by atoms with Crippen LogP contribution in [0.5, 0.6) is 0 Å². The van der Waals surface area contributed by atoms with E-state index in [-0.39, 0.29) is 19.4 Å². The Bertz CT molecular complexity index is 1340. The molecule has 1 saturated heterocycles. The summed E-state index contributed by atoms with van der Waals surface area (Å²) in [7, 11) is -4.61. The van der Waals surface area contributed by atoms with Crippen LogP contribution in [0.3, 0.4) is 0 Å². The number of hydrogen-bond acceptors (Lipinski definition) is 11. The number of carbonyl (C=O) groups excluding carboxylic acids is 2. The van der Waals surface area contributed by atoms with Gasteiger partial charge in [-0.3, -0.25) is 14.1 Å². The highest BCUT2D eigenvalue weighted by molar-refractivity contribution is 7.85. The average Bonchev–Trinajstić information content (AvgIpc) is 3.24. The van der Waals surface area contributed by atoms with E-state index in [1.54, 1.807) is 0 Å². The number of hydrogen-bond donors (Lipinski definition) is 4. The normalized spacial score (nSPS) is 19.7. The highest BCUT2D eigenvalue weighted by Crippen LogP contribution is 2.24. The molecule has 6 atom stereocenters. The number of rotatable bonds is 40. The fourth-order valence-electron chi connectivity index (χ4n) is 7.15. The Hall–Kier alpha value is -2.35. The van der Waals surface area contributed by atoms with Gasteiger partial charge in [-0.15, -0.1) is 5.73 Å². The molecule has 0 bridgehead atoms. The highest BCUT2D eigenvalue weighted by atomic mass is 32.2. The van der Waals surface area contributed by atoms with Crippen molar-refractivity contribution in [1.29, 1.82) is 0 Å². The molecule has 0 amide bonds. The summed E-state index contributed by atoms with van der Waals surface area (Å²) in [6.07, 6.45) is 33.9. The Kier molecular flexibility index (Phi) is 36.3. The van der Waals surface area contributed by atoms with Gasteiger partial charge < -0.3 is 34.3 Å². The molecule has 1 heterocycles. The number of esters is 2. The maximum Gasteiger partial charge on any atom is 0.306 e. The summed E-state index contributed by atoms with van der Waals surface area (Å²) in [5.41, 5.74) is 3.28. The molecule has 0 aromatic carbocycles. The van der Waals surface area contributed by atoms with E-state index in [1.165, 1.54) is 89.9 Å². The molecule has 13 heteroatoms. The van der Waals surface area contributed by atoms with Gasteiger partial charge >= 0.3 is 11.9 Å². The van der Waals surface area contributed by atoms with Crippen molar-refractivity contribution < 1.29 is 56.8 Å². The van der Waals surface area contributed by atoms with Crippen LogP contribution < -0.4 is 0 Å². The maximum atomic E-state index is 12.8. The maximum absolute atomic E-state index is 12.8. The van der Waals surface area contributed by atoms with Gasteiger partial charge in [0, 0.05) is 12.8 Å². The van der Waals surface area contributed by atoms with Crippen molar-refractivity contribution in [3.05, 3.63) is 42.2 Å². The topological polar surface area (TPSA) is 186 Å². The number of aliphatic hydroxyl groups excluding tert-OH is 3. The first-order valence-corrected chi connectivity index (χ1v) is 25.9. The molecular weight excluding hydrogens is 813 g/mol. The fraction of sp³-hybridized carbons (Fsp3) is 0.816. The molecule has 1 aliphatic heterocycles. The molecule has 1 rings (SSSR count). The third kappa shape index (κ3) is 33.2. The van der Waals surface area contributed by atoms with Crippen LogP contribution in [0.2, 0.25) is 0 Å². The van der Waals surface area contributed by atoms with Gasteiger partial charge in [-0.2, -0.15) is 8.42 Å². The quantitative estimate of drug-likeness (QED) is 0.0150.